The average molecular weight is 671 g/mol. The zero-order valence-corrected chi connectivity index (χ0v) is 28.5. The highest BCUT2D eigenvalue weighted by Crippen LogP contribution is 2.50. The third-order valence-corrected chi connectivity index (χ3v) is 9.68. The van der Waals surface area contributed by atoms with E-state index in [1.54, 1.807) is 27.7 Å². The van der Waals surface area contributed by atoms with Gasteiger partial charge in [0.2, 0.25) is 0 Å². The SMILES string of the molecule is Cc1cn([C@@H]2O[C@H](COP(C)(=O)N[C@@H](C)C(=O)OC(C)C)C(C)(COP(C)(=O)N[C@@H](C)C(=O)OC(C)C)[C@@H]2F)c(=O)[nH]c1=O. The smallest absolute Gasteiger partial charge is 0.330 e. The molecule has 3 unspecified atom stereocenters. The molecule has 0 amide bonds. The molecule has 2 heterocycles. The maximum atomic E-state index is 16.3. The number of H-pyrrole nitrogens is 1. The number of aromatic amines is 1. The molecule has 1 aromatic rings. The van der Waals surface area contributed by atoms with Gasteiger partial charge < -0.3 is 23.3 Å². The van der Waals surface area contributed by atoms with Crippen molar-refractivity contribution in [2.24, 2.45) is 5.41 Å². The fraction of sp³-hybridized carbons (Fsp3) is 0.769. The maximum Gasteiger partial charge on any atom is 0.330 e. The van der Waals surface area contributed by atoms with Crippen molar-refractivity contribution in [2.75, 3.05) is 26.5 Å². The Bertz CT molecular complexity index is 1400. The van der Waals surface area contributed by atoms with Crippen LogP contribution in [0.4, 0.5) is 4.39 Å². The number of rotatable bonds is 15. The first-order valence-corrected chi connectivity index (χ1v) is 18.2. The van der Waals surface area contributed by atoms with Crippen LogP contribution in [0.25, 0.3) is 0 Å². The van der Waals surface area contributed by atoms with Gasteiger partial charge >= 0.3 is 17.6 Å². The van der Waals surface area contributed by atoms with Crippen molar-refractivity contribution in [1.82, 2.24) is 19.7 Å². The molecule has 0 spiro atoms. The number of alkyl halides is 1. The Morgan fingerprint density at radius 3 is 1.95 bits per heavy atom. The van der Waals surface area contributed by atoms with Crippen molar-refractivity contribution >= 4 is 27.0 Å². The van der Waals surface area contributed by atoms with Crippen LogP contribution >= 0.6 is 15.0 Å². The molecule has 15 nitrogen and oxygen atoms in total. The Labute approximate surface area is 255 Å². The molecule has 2 rings (SSSR count). The molecule has 1 aliphatic rings. The van der Waals surface area contributed by atoms with E-state index in [0.717, 1.165) is 10.8 Å². The van der Waals surface area contributed by atoms with E-state index < -0.39 is 99.7 Å². The summed E-state index contributed by atoms with van der Waals surface area (Å²) in [5.74, 6) is -1.32. The Morgan fingerprint density at radius 1 is 1.00 bits per heavy atom. The van der Waals surface area contributed by atoms with Crippen LogP contribution in [0.3, 0.4) is 0 Å². The molecule has 44 heavy (non-hydrogen) atoms. The summed E-state index contributed by atoms with van der Waals surface area (Å²) in [5, 5.41) is 5.15. The molecule has 252 valence electrons. The number of aryl methyl sites for hydroxylation is 1. The molecule has 0 radical (unpaired) electrons. The van der Waals surface area contributed by atoms with E-state index in [2.05, 4.69) is 15.2 Å². The molecule has 0 aromatic carbocycles. The predicted molar refractivity (Wildman–Crippen MR) is 160 cm³/mol. The van der Waals surface area contributed by atoms with E-state index in [0.29, 0.717) is 0 Å². The van der Waals surface area contributed by atoms with Gasteiger partial charge in [-0.05, 0) is 48.5 Å². The summed E-state index contributed by atoms with van der Waals surface area (Å²) in [6.07, 6.45) is -4.47. The Hall–Kier alpha value is -2.19. The Balaban J connectivity index is 2.32. The minimum absolute atomic E-state index is 0.118. The van der Waals surface area contributed by atoms with E-state index in [9.17, 15) is 28.3 Å². The van der Waals surface area contributed by atoms with Gasteiger partial charge in [0, 0.05) is 25.1 Å². The fourth-order valence-electron chi connectivity index (χ4n) is 4.30. The van der Waals surface area contributed by atoms with Crippen LogP contribution in [0.1, 0.15) is 60.3 Å². The molecule has 1 fully saturated rings. The molecule has 0 bridgehead atoms. The predicted octanol–water partition coefficient (Wildman–Crippen LogP) is 2.63. The number of carbonyl (C=O) groups is 2. The van der Waals surface area contributed by atoms with Crippen molar-refractivity contribution in [3.8, 4) is 0 Å². The first-order valence-electron chi connectivity index (χ1n) is 14.1. The van der Waals surface area contributed by atoms with Gasteiger partial charge in [-0.3, -0.25) is 33.1 Å². The minimum Gasteiger partial charge on any atom is -0.462 e. The second-order valence-electron chi connectivity index (χ2n) is 11.8. The Morgan fingerprint density at radius 2 is 1.48 bits per heavy atom. The lowest BCUT2D eigenvalue weighted by molar-refractivity contribution is -0.149. The van der Waals surface area contributed by atoms with Gasteiger partial charge in [-0.15, -0.1) is 0 Å². The van der Waals surface area contributed by atoms with Crippen molar-refractivity contribution < 1.29 is 46.4 Å². The second-order valence-corrected chi connectivity index (χ2v) is 16.3. The molecular formula is C26H45FN4O11P2. The molecule has 18 heteroatoms. The topological polar surface area (TPSA) is 193 Å². The van der Waals surface area contributed by atoms with Gasteiger partial charge in [-0.2, -0.15) is 0 Å². The van der Waals surface area contributed by atoms with Crippen molar-refractivity contribution in [1.29, 1.82) is 0 Å². The van der Waals surface area contributed by atoms with Crippen LogP contribution in [0.15, 0.2) is 15.8 Å². The van der Waals surface area contributed by atoms with Crippen LogP contribution in [-0.4, -0.2) is 84.6 Å². The normalized spacial score (nSPS) is 26.2. The lowest BCUT2D eigenvalue weighted by Crippen LogP contribution is -2.43. The van der Waals surface area contributed by atoms with Crippen LogP contribution in [-0.2, 0) is 42.0 Å². The highest BCUT2D eigenvalue weighted by atomic mass is 31.2. The number of esters is 2. The first kappa shape index (κ1) is 38.0. The monoisotopic (exact) mass is 670 g/mol. The summed E-state index contributed by atoms with van der Waals surface area (Å²) >= 11 is 0. The molecule has 8 atom stereocenters. The summed E-state index contributed by atoms with van der Waals surface area (Å²) in [7, 11) is -7.46. The molecular weight excluding hydrogens is 625 g/mol. The van der Waals surface area contributed by atoms with Crippen molar-refractivity contribution in [3.63, 3.8) is 0 Å². The zero-order chi connectivity index (χ0) is 33.8. The van der Waals surface area contributed by atoms with Gasteiger partial charge in [0.1, 0.15) is 12.1 Å². The van der Waals surface area contributed by atoms with Crippen molar-refractivity contribution in [2.45, 2.75) is 98.2 Å². The van der Waals surface area contributed by atoms with Gasteiger partial charge in [-0.1, -0.05) is 6.92 Å². The lowest BCUT2D eigenvalue weighted by Gasteiger charge is -2.33. The number of aromatic nitrogens is 2. The first-order chi connectivity index (χ1) is 20.1. The summed E-state index contributed by atoms with van der Waals surface area (Å²) < 4.78 is 71.0. The fourth-order valence-corrected chi connectivity index (χ4v) is 7.02. The largest absolute Gasteiger partial charge is 0.462 e. The quantitative estimate of drug-likeness (QED) is 0.182. The van der Waals surface area contributed by atoms with E-state index in [-0.39, 0.29) is 5.56 Å². The highest BCUT2D eigenvalue weighted by Gasteiger charge is 2.56. The number of halogens is 1. The van der Waals surface area contributed by atoms with Gasteiger partial charge in [0.15, 0.2) is 12.4 Å². The number of carbonyl (C=O) groups excluding carboxylic acids is 2. The standard InChI is InChI=1S/C26H45FN4O11P2/c1-14(2)40-23(33)17(6)29-43(9,36)38-12-19-26(8,13-39-44(10,37)30-18(7)24(34)41-15(3)4)20(27)22(42-19)31-11-16(5)21(32)28-25(31)35/h11,14-15,17-20,22H,12-13H2,1-10H3,(H,29,36)(H,30,37)(H,28,32,35)/t17-,18-,19+,20+,22+,26?,43?,44?/m0/s1. The molecule has 1 aromatic heterocycles. The van der Waals surface area contributed by atoms with Gasteiger partial charge in [-0.25, -0.2) is 19.4 Å². The second kappa shape index (κ2) is 14.9. The third-order valence-electron chi connectivity index (χ3n) is 6.70. The lowest BCUT2D eigenvalue weighted by atomic mass is 9.82. The summed E-state index contributed by atoms with van der Waals surface area (Å²) in [6.45, 7) is 13.7. The van der Waals surface area contributed by atoms with Crippen LogP contribution in [0.2, 0.25) is 0 Å². The molecule has 0 saturated carbocycles. The number of hydrogen-bond acceptors (Lipinski definition) is 11. The van der Waals surface area contributed by atoms with Crippen molar-refractivity contribution in [3.05, 3.63) is 32.6 Å². The summed E-state index contributed by atoms with van der Waals surface area (Å²) in [6, 6.07) is -2.02. The van der Waals surface area contributed by atoms with E-state index in [4.69, 9.17) is 23.3 Å². The minimum atomic E-state index is -3.75. The molecule has 3 N–H and O–H groups in total. The van der Waals surface area contributed by atoms with Gasteiger partial charge in [0.25, 0.3) is 20.6 Å². The Kier molecular flexibility index (Phi) is 12.9. The molecule has 1 saturated heterocycles. The molecule has 1 aliphatic heterocycles. The number of hydrogen-bond donors (Lipinski definition) is 3. The van der Waals surface area contributed by atoms with E-state index in [1.165, 1.54) is 41.0 Å². The van der Waals surface area contributed by atoms with Crippen LogP contribution in [0, 0.1) is 12.3 Å². The average Bonchev–Trinajstić information content (AvgIpc) is 3.12. The zero-order valence-electron chi connectivity index (χ0n) is 26.7. The van der Waals surface area contributed by atoms with Crippen LogP contribution < -0.4 is 21.4 Å². The highest BCUT2D eigenvalue weighted by molar-refractivity contribution is 7.56. The summed E-state index contributed by atoms with van der Waals surface area (Å²) in [4.78, 5) is 51.0. The number of nitrogens with one attached hydrogen (secondary N) is 3. The summed E-state index contributed by atoms with van der Waals surface area (Å²) in [5.41, 5.74) is -3.13. The maximum absolute atomic E-state index is 16.3. The van der Waals surface area contributed by atoms with Crippen LogP contribution in [0.5, 0.6) is 0 Å². The number of ether oxygens (including phenoxy) is 3. The molecule has 0 aliphatic carbocycles. The third kappa shape index (κ3) is 10.2. The van der Waals surface area contributed by atoms with E-state index >= 15 is 4.39 Å². The van der Waals surface area contributed by atoms with Gasteiger partial charge in [0.05, 0.1) is 36.9 Å². The number of nitrogens with zero attached hydrogens (tertiary/aromatic N) is 1. The van der Waals surface area contributed by atoms with E-state index in [1.807, 2.05) is 0 Å².